The normalized spacial score (nSPS) is 21.2. The zero-order valence-electron chi connectivity index (χ0n) is 13.3. The van der Waals surface area contributed by atoms with Gasteiger partial charge in [0, 0.05) is 5.69 Å². The minimum Gasteiger partial charge on any atom is -0.388 e. The van der Waals surface area contributed by atoms with Crippen LogP contribution in [0, 0.1) is 0 Å². The molecule has 1 aromatic rings. The van der Waals surface area contributed by atoms with Gasteiger partial charge >= 0.3 is 0 Å². The Morgan fingerprint density at radius 2 is 1.91 bits per heavy atom. The number of aryl methyl sites for hydroxylation is 1. The lowest BCUT2D eigenvalue weighted by Crippen LogP contribution is -2.36. The third-order valence-corrected chi connectivity index (χ3v) is 4.99. The summed E-state index contributed by atoms with van der Waals surface area (Å²) in [5, 5.41) is 13.7. The van der Waals surface area contributed by atoms with Gasteiger partial charge in [-0.1, -0.05) is 31.4 Å². The molecule has 4 nitrogen and oxygen atoms in total. The lowest BCUT2D eigenvalue weighted by molar-refractivity contribution is 0.0132. The van der Waals surface area contributed by atoms with Gasteiger partial charge in [-0.25, -0.2) is 0 Å². The van der Waals surface area contributed by atoms with Crippen LogP contribution < -0.4 is 11.1 Å². The van der Waals surface area contributed by atoms with Crippen LogP contribution in [0.2, 0.25) is 0 Å². The Labute approximate surface area is 132 Å². The lowest BCUT2D eigenvalue weighted by atomic mass is 9.85. The SMILES string of the molecule is NC(=NCC1(O)CCCCC1)Nc1cccc2c1CCCC2. The first-order chi connectivity index (χ1) is 10.7. The van der Waals surface area contributed by atoms with Crippen molar-refractivity contribution < 1.29 is 5.11 Å². The summed E-state index contributed by atoms with van der Waals surface area (Å²) in [4.78, 5) is 4.40. The number of nitrogens with one attached hydrogen (secondary N) is 1. The first-order valence-electron chi connectivity index (χ1n) is 8.56. The molecule has 0 bridgehead atoms. The van der Waals surface area contributed by atoms with Crippen LogP contribution in [-0.2, 0) is 12.8 Å². The third kappa shape index (κ3) is 3.61. The van der Waals surface area contributed by atoms with E-state index in [1.165, 1.54) is 30.4 Å². The second-order valence-corrected chi connectivity index (χ2v) is 6.76. The van der Waals surface area contributed by atoms with Crippen LogP contribution in [0.4, 0.5) is 5.69 Å². The molecule has 1 aromatic carbocycles. The van der Waals surface area contributed by atoms with Crippen molar-refractivity contribution in [1.82, 2.24) is 0 Å². The summed E-state index contributed by atoms with van der Waals surface area (Å²) in [6.07, 6.45) is 9.84. The van der Waals surface area contributed by atoms with E-state index in [-0.39, 0.29) is 0 Å². The van der Waals surface area contributed by atoms with Gasteiger partial charge in [-0.05, 0) is 55.7 Å². The van der Waals surface area contributed by atoms with Gasteiger partial charge in [0.1, 0.15) is 0 Å². The molecule has 0 amide bonds. The smallest absolute Gasteiger partial charge is 0.193 e. The summed E-state index contributed by atoms with van der Waals surface area (Å²) in [6.45, 7) is 0.404. The van der Waals surface area contributed by atoms with E-state index in [1.807, 2.05) is 0 Å². The van der Waals surface area contributed by atoms with E-state index in [0.29, 0.717) is 12.5 Å². The van der Waals surface area contributed by atoms with E-state index in [2.05, 4.69) is 28.5 Å². The van der Waals surface area contributed by atoms with E-state index >= 15 is 0 Å². The molecule has 0 aromatic heterocycles. The molecule has 0 heterocycles. The number of aliphatic hydroxyl groups is 1. The van der Waals surface area contributed by atoms with Crippen molar-refractivity contribution >= 4 is 11.6 Å². The van der Waals surface area contributed by atoms with Crippen LogP contribution in [0.15, 0.2) is 23.2 Å². The molecule has 2 aliphatic rings. The van der Waals surface area contributed by atoms with E-state index in [0.717, 1.165) is 44.2 Å². The van der Waals surface area contributed by atoms with Crippen molar-refractivity contribution in [2.24, 2.45) is 10.7 Å². The highest BCUT2D eigenvalue weighted by atomic mass is 16.3. The predicted octanol–water partition coefficient (Wildman–Crippen LogP) is 2.99. The van der Waals surface area contributed by atoms with Crippen molar-refractivity contribution in [3.8, 4) is 0 Å². The summed E-state index contributed by atoms with van der Waals surface area (Å²) in [6, 6.07) is 6.36. The van der Waals surface area contributed by atoms with Gasteiger partial charge in [-0.3, -0.25) is 4.99 Å². The molecule has 120 valence electrons. The fourth-order valence-corrected chi connectivity index (χ4v) is 3.68. The Hall–Kier alpha value is -1.55. The molecule has 0 radical (unpaired) electrons. The zero-order chi connectivity index (χ0) is 15.4. The van der Waals surface area contributed by atoms with Crippen molar-refractivity contribution in [3.05, 3.63) is 29.3 Å². The average Bonchev–Trinajstić information content (AvgIpc) is 2.54. The van der Waals surface area contributed by atoms with Crippen LogP contribution >= 0.6 is 0 Å². The molecule has 0 saturated heterocycles. The molecule has 4 N–H and O–H groups in total. The Bertz CT molecular complexity index is 547. The third-order valence-electron chi connectivity index (χ3n) is 4.99. The van der Waals surface area contributed by atoms with Crippen molar-refractivity contribution in [2.45, 2.75) is 63.4 Å². The lowest BCUT2D eigenvalue weighted by Gasteiger charge is -2.30. The number of hydrogen-bond acceptors (Lipinski definition) is 2. The molecular weight excluding hydrogens is 274 g/mol. The highest BCUT2D eigenvalue weighted by molar-refractivity contribution is 5.93. The predicted molar refractivity (Wildman–Crippen MR) is 91.2 cm³/mol. The van der Waals surface area contributed by atoms with Gasteiger partial charge in [0.15, 0.2) is 5.96 Å². The Morgan fingerprint density at radius 3 is 2.73 bits per heavy atom. The van der Waals surface area contributed by atoms with Crippen molar-refractivity contribution in [1.29, 1.82) is 0 Å². The van der Waals surface area contributed by atoms with Crippen LogP contribution in [0.5, 0.6) is 0 Å². The Kier molecular flexibility index (Phi) is 4.67. The van der Waals surface area contributed by atoms with Gasteiger partial charge in [-0.15, -0.1) is 0 Å². The topological polar surface area (TPSA) is 70.6 Å². The van der Waals surface area contributed by atoms with Crippen LogP contribution in [0.3, 0.4) is 0 Å². The Balaban J connectivity index is 1.66. The molecule has 0 aliphatic heterocycles. The largest absolute Gasteiger partial charge is 0.388 e. The maximum absolute atomic E-state index is 10.5. The van der Waals surface area contributed by atoms with E-state index in [1.54, 1.807) is 0 Å². The highest BCUT2D eigenvalue weighted by Gasteiger charge is 2.28. The number of fused-ring (bicyclic) bond motifs is 1. The average molecular weight is 301 g/mol. The summed E-state index contributed by atoms with van der Waals surface area (Å²) in [5.74, 6) is 0.415. The summed E-state index contributed by atoms with van der Waals surface area (Å²) in [5.41, 5.74) is 9.27. The monoisotopic (exact) mass is 301 g/mol. The summed E-state index contributed by atoms with van der Waals surface area (Å²) < 4.78 is 0. The van der Waals surface area contributed by atoms with Gasteiger partial charge in [0.25, 0.3) is 0 Å². The molecule has 0 atom stereocenters. The van der Waals surface area contributed by atoms with Gasteiger partial charge < -0.3 is 16.2 Å². The molecule has 1 fully saturated rings. The maximum Gasteiger partial charge on any atom is 0.193 e. The number of aliphatic imine (C=N–C) groups is 1. The molecule has 2 aliphatic carbocycles. The van der Waals surface area contributed by atoms with Gasteiger partial charge in [0.2, 0.25) is 0 Å². The minimum absolute atomic E-state index is 0.404. The van der Waals surface area contributed by atoms with E-state index in [9.17, 15) is 5.11 Å². The van der Waals surface area contributed by atoms with Crippen LogP contribution in [0.1, 0.15) is 56.1 Å². The maximum atomic E-state index is 10.5. The second-order valence-electron chi connectivity index (χ2n) is 6.76. The number of nitrogens with two attached hydrogens (primary N) is 1. The van der Waals surface area contributed by atoms with E-state index in [4.69, 9.17) is 5.73 Å². The molecule has 4 heteroatoms. The molecule has 0 unspecified atom stereocenters. The van der Waals surface area contributed by atoms with Gasteiger partial charge in [0.05, 0.1) is 12.1 Å². The quantitative estimate of drug-likeness (QED) is 0.594. The molecule has 22 heavy (non-hydrogen) atoms. The highest BCUT2D eigenvalue weighted by Crippen LogP contribution is 2.29. The van der Waals surface area contributed by atoms with Crippen LogP contribution in [-0.4, -0.2) is 23.2 Å². The van der Waals surface area contributed by atoms with Crippen molar-refractivity contribution in [2.75, 3.05) is 11.9 Å². The fourth-order valence-electron chi connectivity index (χ4n) is 3.68. The zero-order valence-corrected chi connectivity index (χ0v) is 13.3. The number of rotatable bonds is 3. The van der Waals surface area contributed by atoms with Crippen LogP contribution in [0.25, 0.3) is 0 Å². The fraction of sp³-hybridized carbons (Fsp3) is 0.611. The first kappa shape index (κ1) is 15.3. The summed E-state index contributed by atoms with van der Waals surface area (Å²) in [7, 11) is 0. The molecule has 3 rings (SSSR count). The second kappa shape index (κ2) is 6.69. The minimum atomic E-state index is -0.652. The number of benzene rings is 1. The summed E-state index contributed by atoms with van der Waals surface area (Å²) >= 11 is 0. The number of hydrogen-bond donors (Lipinski definition) is 3. The molecular formula is C18H27N3O. The van der Waals surface area contributed by atoms with E-state index < -0.39 is 5.60 Å². The number of anilines is 1. The molecule has 0 spiro atoms. The molecule has 1 saturated carbocycles. The first-order valence-corrected chi connectivity index (χ1v) is 8.56. The van der Waals surface area contributed by atoms with Gasteiger partial charge in [-0.2, -0.15) is 0 Å². The van der Waals surface area contributed by atoms with Crippen molar-refractivity contribution in [3.63, 3.8) is 0 Å². The number of nitrogens with zero attached hydrogens (tertiary/aromatic N) is 1. The number of guanidine groups is 1. The standard InChI is InChI=1S/C18H27N3O/c19-17(20-13-18(22)11-4-1-5-12-18)21-16-10-6-8-14-7-2-3-9-15(14)16/h6,8,10,22H,1-5,7,9,11-13H2,(H3,19,20,21). The Morgan fingerprint density at radius 1 is 1.14 bits per heavy atom.